The molecule has 0 aliphatic rings. The summed E-state index contributed by atoms with van der Waals surface area (Å²) in [5, 5.41) is 12.2. The van der Waals surface area contributed by atoms with Crippen molar-refractivity contribution in [2.24, 2.45) is 0 Å². The Morgan fingerprint density at radius 1 is 1.24 bits per heavy atom. The Balaban J connectivity index is 1.95. The van der Waals surface area contributed by atoms with Gasteiger partial charge >= 0.3 is 0 Å². The summed E-state index contributed by atoms with van der Waals surface area (Å²) in [6, 6.07) is 7.45. The van der Waals surface area contributed by atoms with E-state index < -0.39 is 0 Å². The minimum Gasteiger partial charge on any atom is -0.492 e. The average molecular weight is 362 g/mol. The van der Waals surface area contributed by atoms with E-state index in [1.54, 1.807) is 0 Å². The van der Waals surface area contributed by atoms with Gasteiger partial charge in [0.1, 0.15) is 11.6 Å². The first-order valence-corrected chi connectivity index (χ1v) is 9.74. The van der Waals surface area contributed by atoms with Gasteiger partial charge in [0, 0.05) is 13.0 Å². The van der Waals surface area contributed by atoms with Gasteiger partial charge in [-0.2, -0.15) is 0 Å². The normalized spacial score (nSPS) is 10.7. The molecule has 25 heavy (non-hydrogen) atoms. The maximum absolute atomic E-state index is 12.3. The van der Waals surface area contributed by atoms with Crippen LogP contribution in [0, 0.1) is 0 Å². The van der Waals surface area contributed by atoms with E-state index in [-0.39, 0.29) is 11.7 Å². The molecule has 1 amide bonds. The van der Waals surface area contributed by atoms with Crippen molar-refractivity contribution in [3.05, 3.63) is 30.1 Å². The van der Waals surface area contributed by atoms with Crippen LogP contribution in [-0.4, -0.2) is 33.0 Å². The molecule has 1 N–H and O–H groups in total. The second-order valence-electron chi connectivity index (χ2n) is 5.51. The van der Waals surface area contributed by atoms with Gasteiger partial charge in [-0.3, -0.25) is 4.79 Å². The molecule has 6 nitrogen and oxygen atoms in total. The van der Waals surface area contributed by atoms with E-state index in [1.807, 2.05) is 31.2 Å². The minimum atomic E-state index is -0.0853. The summed E-state index contributed by atoms with van der Waals surface area (Å²) in [5.41, 5.74) is 0.690. The lowest BCUT2D eigenvalue weighted by Gasteiger charge is -2.11. The van der Waals surface area contributed by atoms with Crippen LogP contribution in [0.1, 0.15) is 39.4 Å². The standard InChI is InChI=1S/C18H26N4O2S/c1-4-7-12-16-20-21-18(22(16)5-2)25-13-17(23)19-14-10-8-9-11-15(14)24-6-3/h8-11H,4-7,12-13H2,1-3H3,(H,19,23). The number of thioether (sulfide) groups is 1. The molecule has 0 bridgehead atoms. The van der Waals surface area contributed by atoms with Crippen molar-refractivity contribution in [1.29, 1.82) is 0 Å². The average Bonchev–Trinajstić information content (AvgIpc) is 3.02. The molecule has 0 aliphatic carbocycles. The SMILES string of the molecule is CCCCc1nnc(SCC(=O)Nc2ccccc2OCC)n1CC. The van der Waals surface area contributed by atoms with Gasteiger partial charge in [-0.1, -0.05) is 37.2 Å². The first kappa shape index (κ1) is 19.3. The quantitative estimate of drug-likeness (QED) is 0.652. The summed E-state index contributed by atoms with van der Waals surface area (Å²) in [6.45, 7) is 7.51. The number of ether oxygens (including phenoxy) is 1. The molecule has 0 aliphatic heterocycles. The van der Waals surface area contributed by atoms with Crippen LogP contribution in [0.2, 0.25) is 0 Å². The lowest BCUT2D eigenvalue weighted by Crippen LogP contribution is -2.15. The number of benzene rings is 1. The molecule has 0 spiro atoms. The molecule has 1 aromatic heterocycles. The van der Waals surface area contributed by atoms with Gasteiger partial charge in [0.05, 0.1) is 18.0 Å². The van der Waals surface area contributed by atoms with E-state index in [2.05, 4.69) is 33.9 Å². The monoisotopic (exact) mass is 362 g/mol. The Morgan fingerprint density at radius 2 is 2.04 bits per heavy atom. The summed E-state index contributed by atoms with van der Waals surface area (Å²) >= 11 is 1.41. The third kappa shape index (κ3) is 5.49. The number of anilines is 1. The van der Waals surface area contributed by atoms with Crippen LogP contribution in [0.3, 0.4) is 0 Å². The fraction of sp³-hybridized carbons (Fsp3) is 0.500. The number of aromatic nitrogens is 3. The van der Waals surface area contributed by atoms with Crippen molar-refractivity contribution >= 4 is 23.4 Å². The Hall–Kier alpha value is -2.02. The molecule has 0 radical (unpaired) electrons. The molecular formula is C18H26N4O2S. The van der Waals surface area contributed by atoms with Crippen LogP contribution in [0.4, 0.5) is 5.69 Å². The largest absolute Gasteiger partial charge is 0.492 e. The van der Waals surface area contributed by atoms with Gasteiger partial charge in [-0.15, -0.1) is 10.2 Å². The van der Waals surface area contributed by atoms with Crippen LogP contribution in [-0.2, 0) is 17.8 Å². The number of nitrogens with one attached hydrogen (secondary N) is 1. The Bertz CT molecular complexity index is 687. The lowest BCUT2D eigenvalue weighted by atomic mass is 10.2. The third-order valence-corrected chi connectivity index (χ3v) is 4.62. The number of carbonyl (C=O) groups is 1. The maximum Gasteiger partial charge on any atom is 0.234 e. The highest BCUT2D eigenvalue weighted by molar-refractivity contribution is 7.99. The summed E-state index contributed by atoms with van der Waals surface area (Å²) in [5.74, 6) is 1.88. The predicted molar refractivity (Wildman–Crippen MR) is 101 cm³/mol. The van der Waals surface area contributed by atoms with Crippen molar-refractivity contribution < 1.29 is 9.53 Å². The number of unbranched alkanes of at least 4 members (excludes halogenated alkanes) is 1. The van der Waals surface area contributed by atoms with Crippen molar-refractivity contribution in [2.45, 2.75) is 51.7 Å². The molecule has 2 rings (SSSR count). The Labute approximate surface area is 153 Å². The van der Waals surface area contributed by atoms with Crippen LogP contribution < -0.4 is 10.1 Å². The van der Waals surface area contributed by atoms with Gasteiger partial charge in [0.2, 0.25) is 5.91 Å². The van der Waals surface area contributed by atoms with E-state index in [0.717, 1.165) is 36.8 Å². The summed E-state index contributed by atoms with van der Waals surface area (Å²) in [4.78, 5) is 12.3. The molecule has 0 fully saturated rings. The van der Waals surface area contributed by atoms with Crippen LogP contribution in [0.5, 0.6) is 5.75 Å². The fourth-order valence-electron chi connectivity index (χ4n) is 2.43. The highest BCUT2D eigenvalue weighted by Gasteiger charge is 2.13. The number of nitrogens with zero attached hydrogens (tertiary/aromatic N) is 3. The minimum absolute atomic E-state index is 0.0853. The first-order chi connectivity index (χ1) is 12.2. The fourth-order valence-corrected chi connectivity index (χ4v) is 3.25. The van der Waals surface area contributed by atoms with E-state index in [4.69, 9.17) is 4.74 Å². The van der Waals surface area contributed by atoms with Gasteiger partial charge in [0.25, 0.3) is 0 Å². The zero-order chi connectivity index (χ0) is 18.1. The number of para-hydroxylation sites is 2. The molecule has 1 heterocycles. The molecule has 0 saturated carbocycles. The summed E-state index contributed by atoms with van der Waals surface area (Å²) in [7, 11) is 0. The smallest absolute Gasteiger partial charge is 0.234 e. The van der Waals surface area contributed by atoms with Crippen LogP contribution in [0.15, 0.2) is 29.4 Å². The number of amides is 1. The lowest BCUT2D eigenvalue weighted by molar-refractivity contribution is -0.113. The van der Waals surface area contributed by atoms with Crippen LogP contribution >= 0.6 is 11.8 Å². The van der Waals surface area contributed by atoms with E-state index in [9.17, 15) is 4.79 Å². The number of hydrogen-bond donors (Lipinski definition) is 1. The zero-order valence-corrected chi connectivity index (χ0v) is 15.9. The van der Waals surface area contributed by atoms with E-state index in [0.29, 0.717) is 18.0 Å². The van der Waals surface area contributed by atoms with Crippen molar-refractivity contribution in [1.82, 2.24) is 14.8 Å². The third-order valence-electron chi connectivity index (χ3n) is 3.66. The van der Waals surface area contributed by atoms with E-state index >= 15 is 0 Å². The second-order valence-corrected chi connectivity index (χ2v) is 6.46. The van der Waals surface area contributed by atoms with Crippen molar-refractivity contribution in [3.63, 3.8) is 0 Å². The molecule has 0 unspecified atom stereocenters. The van der Waals surface area contributed by atoms with Gasteiger partial charge < -0.3 is 14.6 Å². The highest BCUT2D eigenvalue weighted by atomic mass is 32.2. The number of carbonyl (C=O) groups excluding carboxylic acids is 1. The molecule has 0 saturated heterocycles. The zero-order valence-electron chi connectivity index (χ0n) is 15.1. The molecule has 0 atom stereocenters. The van der Waals surface area contributed by atoms with Gasteiger partial charge in [0.15, 0.2) is 5.16 Å². The van der Waals surface area contributed by atoms with E-state index in [1.165, 1.54) is 11.8 Å². The Kier molecular flexibility index (Phi) is 7.78. The first-order valence-electron chi connectivity index (χ1n) is 8.76. The molecule has 136 valence electrons. The number of aryl methyl sites for hydroxylation is 1. The second kappa shape index (κ2) is 10.1. The van der Waals surface area contributed by atoms with Gasteiger partial charge in [-0.05, 0) is 32.4 Å². The molecule has 1 aromatic carbocycles. The maximum atomic E-state index is 12.3. The highest BCUT2D eigenvalue weighted by Crippen LogP contribution is 2.24. The van der Waals surface area contributed by atoms with Crippen molar-refractivity contribution in [3.8, 4) is 5.75 Å². The molecular weight excluding hydrogens is 336 g/mol. The summed E-state index contributed by atoms with van der Waals surface area (Å²) in [6.07, 6.45) is 3.14. The van der Waals surface area contributed by atoms with Crippen LogP contribution in [0.25, 0.3) is 0 Å². The van der Waals surface area contributed by atoms with Gasteiger partial charge in [-0.25, -0.2) is 0 Å². The van der Waals surface area contributed by atoms with Crippen molar-refractivity contribution in [2.75, 3.05) is 17.7 Å². The molecule has 2 aromatic rings. The number of hydrogen-bond acceptors (Lipinski definition) is 5. The molecule has 7 heteroatoms. The topological polar surface area (TPSA) is 69.0 Å². The predicted octanol–water partition coefficient (Wildman–Crippen LogP) is 3.77. The summed E-state index contributed by atoms with van der Waals surface area (Å²) < 4.78 is 7.62. The number of rotatable bonds is 10. The Morgan fingerprint density at radius 3 is 2.76 bits per heavy atom.